The monoisotopic (exact) mass is 292 g/mol. The van der Waals surface area contributed by atoms with E-state index >= 15 is 0 Å². The van der Waals surface area contributed by atoms with Crippen molar-refractivity contribution in [2.24, 2.45) is 5.92 Å². The Balaban J connectivity index is 2.40. The Morgan fingerprint density at radius 3 is 2.24 bits per heavy atom. The Bertz CT molecular complexity index is 463. The molecular formula is C16H20O5. The van der Waals surface area contributed by atoms with E-state index in [2.05, 4.69) is 0 Å². The minimum absolute atomic E-state index is 0.185. The number of rotatable bonds is 5. The number of carbonyl (C=O) groups excluding carboxylic acids is 2. The van der Waals surface area contributed by atoms with Gasteiger partial charge in [0.2, 0.25) is 0 Å². The summed E-state index contributed by atoms with van der Waals surface area (Å²) < 4.78 is 15.3. The normalized spacial score (nSPS) is 19.3. The highest BCUT2D eigenvalue weighted by Crippen LogP contribution is 2.36. The van der Waals surface area contributed by atoms with Crippen LogP contribution in [-0.4, -0.2) is 38.9 Å². The fraction of sp³-hybridized carbons (Fsp3) is 0.500. The third-order valence-electron chi connectivity index (χ3n) is 3.82. The highest BCUT2D eigenvalue weighted by atomic mass is 16.5. The molecule has 0 unspecified atom stereocenters. The SMILES string of the molecule is COC(=O)C(C(=O)OC)[C@H](c1ccccc1)[C@@H]1CCCO1. The Morgan fingerprint density at radius 2 is 1.76 bits per heavy atom. The number of ether oxygens (including phenoxy) is 3. The highest BCUT2D eigenvalue weighted by Gasteiger charge is 2.43. The second-order valence-electron chi connectivity index (χ2n) is 5.01. The van der Waals surface area contributed by atoms with Crippen molar-refractivity contribution in [3.05, 3.63) is 35.9 Å². The van der Waals surface area contributed by atoms with E-state index in [-0.39, 0.29) is 6.10 Å². The summed E-state index contributed by atoms with van der Waals surface area (Å²) in [5.74, 6) is -2.59. The first-order chi connectivity index (χ1) is 10.2. The van der Waals surface area contributed by atoms with Crippen LogP contribution in [0.25, 0.3) is 0 Å². The fourth-order valence-electron chi connectivity index (χ4n) is 2.83. The standard InChI is InChI=1S/C16H20O5/c1-19-15(17)14(16(18)20-2)13(12-9-6-10-21-12)11-7-4-3-5-8-11/h3-5,7-8,12-14H,6,9-10H2,1-2H3/t12-,13+/m0/s1. The summed E-state index contributed by atoms with van der Waals surface area (Å²) in [6, 6.07) is 9.43. The molecule has 1 aromatic rings. The van der Waals surface area contributed by atoms with Crippen molar-refractivity contribution >= 4 is 11.9 Å². The third kappa shape index (κ3) is 3.42. The number of carbonyl (C=O) groups is 2. The summed E-state index contributed by atoms with van der Waals surface area (Å²) in [5.41, 5.74) is 0.880. The molecule has 1 fully saturated rings. The molecule has 0 saturated carbocycles. The van der Waals surface area contributed by atoms with Gasteiger partial charge in [-0.2, -0.15) is 0 Å². The molecule has 114 valence electrons. The number of benzene rings is 1. The Labute approximate surface area is 124 Å². The molecule has 0 amide bonds. The maximum absolute atomic E-state index is 12.1. The molecule has 0 aliphatic carbocycles. The molecule has 1 aromatic carbocycles. The first-order valence-corrected chi connectivity index (χ1v) is 7.01. The van der Waals surface area contributed by atoms with E-state index in [0.29, 0.717) is 6.61 Å². The molecule has 2 atom stereocenters. The predicted molar refractivity (Wildman–Crippen MR) is 75.7 cm³/mol. The zero-order valence-corrected chi connectivity index (χ0v) is 12.3. The van der Waals surface area contributed by atoms with Crippen LogP contribution in [0.4, 0.5) is 0 Å². The summed E-state index contributed by atoms with van der Waals surface area (Å²) in [6.45, 7) is 0.642. The van der Waals surface area contributed by atoms with Crippen molar-refractivity contribution in [2.45, 2.75) is 24.9 Å². The molecule has 2 rings (SSSR count). The average molecular weight is 292 g/mol. The quantitative estimate of drug-likeness (QED) is 0.613. The van der Waals surface area contributed by atoms with Gasteiger partial charge in [-0.3, -0.25) is 9.59 Å². The molecular weight excluding hydrogens is 272 g/mol. The van der Waals surface area contributed by atoms with E-state index in [0.717, 1.165) is 18.4 Å². The van der Waals surface area contributed by atoms with Crippen molar-refractivity contribution in [1.82, 2.24) is 0 Å². The van der Waals surface area contributed by atoms with Crippen LogP contribution >= 0.6 is 0 Å². The molecule has 5 nitrogen and oxygen atoms in total. The highest BCUT2D eigenvalue weighted by molar-refractivity contribution is 5.96. The van der Waals surface area contributed by atoms with Crippen LogP contribution in [0.2, 0.25) is 0 Å². The fourth-order valence-corrected chi connectivity index (χ4v) is 2.83. The van der Waals surface area contributed by atoms with Gasteiger partial charge in [-0.1, -0.05) is 30.3 Å². The van der Waals surface area contributed by atoms with Crippen LogP contribution in [-0.2, 0) is 23.8 Å². The van der Waals surface area contributed by atoms with Crippen molar-refractivity contribution < 1.29 is 23.8 Å². The number of esters is 2. The van der Waals surface area contributed by atoms with Gasteiger partial charge >= 0.3 is 11.9 Å². The predicted octanol–water partition coefficient (Wildman–Crippen LogP) is 1.91. The summed E-state index contributed by atoms with van der Waals surface area (Å²) in [4.78, 5) is 24.2. The van der Waals surface area contributed by atoms with Gasteiger partial charge in [0.1, 0.15) is 0 Å². The Morgan fingerprint density at radius 1 is 1.14 bits per heavy atom. The number of methoxy groups -OCH3 is 2. The van der Waals surface area contributed by atoms with Crippen LogP contribution < -0.4 is 0 Å². The topological polar surface area (TPSA) is 61.8 Å². The van der Waals surface area contributed by atoms with Gasteiger partial charge in [-0.15, -0.1) is 0 Å². The van der Waals surface area contributed by atoms with Gasteiger partial charge < -0.3 is 14.2 Å². The zero-order chi connectivity index (χ0) is 15.2. The van der Waals surface area contributed by atoms with Crippen molar-refractivity contribution in [2.75, 3.05) is 20.8 Å². The molecule has 1 saturated heterocycles. The van der Waals surface area contributed by atoms with E-state index in [4.69, 9.17) is 14.2 Å². The summed E-state index contributed by atoms with van der Waals surface area (Å²) in [6.07, 6.45) is 1.54. The Kier molecular flexibility index (Phi) is 5.33. The lowest BCUT2D eigenvalue weighted by Crippen LogP contribution is -2.37. The molecule has 1 aliphatic rings. The van der Waals surface area contributed by atoms with Crippen LogP contribution in [0.15, 0.2) is 30.3 Å². The van der Waals surface area contributed by atoms with E-state index < -0.39 is 23.8 Å². The lowest BCUT2D eigenvalue weighted by molar-refractivity contribution is -0.161. The van der Waals surface area contributed by atoms with E-state index in [9.17, 15) is 9.59 Å². The molecule has 0 bridgehead atoms. The zero-order valence-electron chi connectivity index (χ0n) is 12.3. The van der Waals surface area contributed by atoms with Crippen molar-refractivity contribution in [1.29, 1.82) is 0 Å². The second kappa shape index (κ2) is 7.22. The average Bonchev–Trinajstić information content (AvgIpc) is 3.05. The van der Waals surface area contributed by atoms with E-state index in [1.165, 1.54) is 14.2 Å². The summed E-state index contributed by atoms with van der Waals surface area (Å²) in [7, 11) is 2.55. The van der Waals surface area contributed by atoms with Crippen LogP contribution in [0.1, 0.15) is 24.3 Å². The number of hydrogen-bond donors (Lipinski definition) is 0. The lowest BCUT2D eigenvalue weighted by Gasteiger charge is -2.28. The summed E-state index contributed by atoms with van der Waals surface area (Å²) >= 11 is 0. The Hall–Kier alpha value is -1.88. The van der Waals surface area contributed by atoms with E-state index in [1.54, 1.807) is 0 Å². The molecule has 5 heteroatoms. The molecule has 21 heavy (non-hydrogen) atoms. The molecule has 1 aliphatic heterocycles. The maximum Gasteiger partial charge on any atom is 0.320 e. The smallest absolute Gasteiger partial charge is 0.320 e. The largest absolute Gasteiger partial charge is 0.468 e. The van der Waals surface area contributed by atoms with Gasteiger partial charge in [0.05, 0.1) is 20.3 Å². The first kappa shape index (κ1) is 15.5. The molecule has 0 spiro atoms. The van der Waals surface area contributed by atoms with Crippen molar-refractivity contribution in [3.63, 3.8) is 0 Å². The van der Waals surface area contributed by atoms with E-state index in [1.807, 2.05) is 30.3 Å². The molecule has 0 aromatic heterocycles. The second-order valence-corrected chi connectivity index (χ2v) is 5.01. The van der Waals surface area contributed by atoms with Crippen LogP contribution in [0.3, 0.4) is 0 Å². The van der Waals surface area contributed by atoms with Crippen molar-refractivity contribution in [3.8, 4) is 0 Å². The maximum atomic E-state index is 12.1. The third-order valence-corrected chi connectivity index (χ3v) is 3.82. The van der Waals surface area contributed by atoms with Gasteiger partial charge in [0.15, 0.2) is 5.92 Å². The van der Waals surface area contributed by atoms with Crippen LogP contribution in [0.5, 0.6) is 0 Å². The van der Waals surface area contributed by atoms with Gasteiger partial charge in [0.25, 0.3) is 0 Å². The minimum Gasteiger partial charge on any atom is -0.468 e. The van der Waals surface area contributed by atoms with Gasteiger partial charge in [-0.25, -0.2) is 0 Å². The first-order valence-electron chi connectivity index (χ1n) is 7.01. The van der Waals surface area contributed by atoms with Crippen LogP contribution in [0, 0.1) is 5.92 Å². The molecule has 0 N–H and O–H groups in total. The molecule has 0 radical (unpaired) electrons. The summed E-state index contributed by atoms with van der Waals surface area (Å²) in [5, 5.41) is 0. The van der Waals surface area contributed by atoms with Gasteiger partial charge in [0, 0.05) is 12.5 Å². The lowest BCUT2D eigenvalue weighted by atomic mass is 9.80. The minimum atomic E-state index is -1.01. The number of hydrogen-bond acceptors (Lipinski definition) is 5. The molecule has 1 heterocycles. The van der Waals surface area contributed by atoms with Gasteiger partial charge in [-0.05, 0) is 18.4 Å².